The van der Waals surface area contributed by atoms with Crippen molar-refractivity contribution in [3.63, 3.8) is 0 Å². The van der Waals surface area contributed by atoms with Crippen LogP contribution < -0.4 is 18.9 Å². The van der Waals surface area contributed by atoms with Crippen molar-refractivity contribution in [1.82, 2.24) is 4.72 Å². The number of methoxy groups -OCH3 is 3. The number of rotatable bonds is 8. The molecule has 0 amide bonds. The molecule has 0 spiro atoms. The standard InChI is InChI=1S/C19H25NO5S/c1-13-10-16(23-3)11-14(2)19(13)26(21,22)20-9-8-15-6-7-17(24-4)18(12-15)25-5/h6-7,10-12,20H,8-9H2,1-5H3. The van der Waals surface area contributed by atoms with Crippen molar-refractivity contribution in [1.29, 1.82) is 0 Å². The second-order valence-corrected chi connectivity index (χ2v) is 7.63. The molecule has 0 radical (unpaired) electrons. The Labute approximate surface area is 155 Å². The highest BCUT2D eigenvalue weighted by molar-refractivity contribution is 7.89. The summed E-state index contributed by atoms with van der Waals surface area (Å²) in [7, 11) is 1.10. The van der Waals surface area contributed by atoms with Gasteiger partial charge in [0.05, 0.1) is 26.2 Å². The summed E-state index contributed by atoms with van der Waals surface area (Å²) in [5.41, 5.74) is 2.26. The van der Waals surface area contributed by atoms with E-state index >= 15 is 0 Å². The number of sulfonamides is 1. The van der Waals surface area contributed by atoms with Crippen LogP contribution in [-0.4, -0.2) is 36.3 Å². The summed E-state index contributed by atoms with van der Waals surface area (Å²) >= 11 is 0. The van der Waals surface area contributed by atoms with Crippen LogP contribution in [0.5, 0.6) is 17.2 Å². The van der Waals surface area contributed by atoms with E-state index in [9.17, 15) is 8.42 Å². The van der Waals surface area contributed by atoms with E-state index in [1.54, 1.807) is 53.4 Å². The van der Waals surface area contributed by atoms with Gasteiger partial charge >= 0.3 is 0 Å². The van der Waals surface area contributed by atoms with Crippen molar-refractivity contribution in [3.8, 4) is 17.2 Å². The smallest absolute Gasteiger partial charge is 0.241 e. The molecule has 26 heavy (non-hydrogen) atoms. The Balaban J connectivity index is 2.12. The second kappa shape index (κ2) is 8.42. The van der Waals surface area contributed by atoms with Crippen LogP contribution in [0.1, 0.15) is 16.7 Å². The summed E-state index contributed by atoms with van der Waals surface area (Å²) in [5.74, 6) is 1.90. The molecular weight excluding hydrogens is 354 g/mol. The Kier molecular flexibility index (Phi) is 6.50. The van der Waals surface area contributed by atoms with E-state index in [-0.39, 0.29) is 6.54 Å². The summed E-state index contributed by atoms with van der Waals surface area (Å²) in [6.07, 6.45) is 0.536. The SMILES string of the molecule is COc1cc(C)c(S(=O)(=O)NCCc2ccc(OC)c(OC)c2)c(C)c1. The molecule has 2 rings (SSSR count). The highest BCUT2D eigenvalue weighted by Gasteiger charge is 2.20. The highest BCUT2D eigenvalue weighted by atomic mass is 32.2. The summed E-state index contributed by atoms with van der Waals surface area (Å²) in [5, 5.41) is 0. The topological polar surface area (TPSA) is 73.9 Å². The maximum Gasteiger partial charge on any atom is 0.241 e. The van der Waals surface area contributed by atoms with Gasteiger partial charge in [0.15, 0.2) is 11.5 Å². The molecule has 2 aromatic rings. The molecule has 0 saturated heterocycles. The molecule has 2 aromatic carbocycles. The predicted molar refractivity (Wildman–Crippen MR) is 101 cm³/mol. The lowest BCUT2D eigenvalue weighted by molar-refractivity contribution is 0.354. The molecule has 142 valence electrons. The van der Waals surface area contributed by atoms with E-state index in [4.69, 9.17) is 14.2 Å². The third-order valence-electron chi connectivity index (χ3n) is 4.09. The first-order chi connectivity index (χ1) is 12.3. The summed E-state index contributed by atoms with van der Waals surface area (Å²) in [4.78, 5) is 0.297. The van der Waals surface area contributed by atoms with Crippen LogP contribution in [0.4, 0.5) is 0 Å². The molecule has 0 aliphatic carbocycles. The zero-order valence-electron chi connectivity index (χ0n) is 15.8. The monoisotopic (exact) mass is 379 g/mol. The van der Waals surface area contributed by atoms with Crippen LogP contribution in [-0.2, 0) is 16.4 Å². The van der Waals surface area contributed by atoms with Gasteiger partial charge in [-0.2, -0.15) is 0 Å². The lowest BCUT2D eigenvalue weighted by Gasteiger charge is -2.14. The van der Waals surface area contributed by atoms with Crippen LogP contribution in [0.15, 0.2) is 35.2 Å². The van der Waals surface area contributed by atoms with E-state index < -0.39 is 10.0 Å². The van der Waals surface area contributed by atoms with Crippen molar-refractivity contribution in [2.24, 2.45) is 0 Å². The van der Waals surface area contributed by atoms with Crippen molar-refractivity contribution in [3.05, 3.63) is 47.0 Å². The van der Waals surface area contributed by atoms with Crippen LogP contribution >= 0.6 is 0 Å². The average Bonchev–Trinajstić information content (AvgIpc) is 2.60. The maximum absolute atomic E-state index is 12.7. The van der Waals surface area contributed by atoms with E-state index in [0.717, 1.165) is 5.56 Å². The van der Waals surface area contributed by atoms with Crippen molar-refractivity contribution >= 4 is 10.0 Å². The molecule has 1 N–H and O–H groups in total. The Hall–Kier alpha value is -2.25. The van der Waals surface area contributed by atoms with E-state index in [0.29, 0.717) is 39.7 Å². The number of hydrogen-bond acceptors (Lipinski definition) is 5. The first-order valence-electron chi connectivity index (χ1n) is 8.18. The molecular formula is C19H25NO5S. The van der Waals surface area contributed by atoms with Crippen LogP contribution in [0.2, 0.25) is 0 Å². The molecule has 0 fully saturated rings. The number of hydrogen-bond donors (Lipinski definition) is 1. The zero-order valence-corrected chi connectivity index (χ0v) is 16.6. The summed E-state index contributed by atoms with van der Waals surface area (Å²) < 4.78 is 43.7. The Morgan fingerprint density at radius 3 is 2.04 bits per heavy atom. The molecule has 0 heterocycles. The predicted octanol–water partition coefficient (Wildman–Crippen LogP) is 2.85. The van der Waals surface area contributed by atoms with Gasteiger partial charge in [-0.1, -0.05) is 6.07 Å². The lowest BCUT2D eigenvalue weighted by Crippen LogP contribution is -2.27. The summed E-state index contributed by atoms with van der Waals surface area (Å²) in [6, 6.07) is 8.97. The van der Waals surface area contributed by atoms with Gasteiger partial charge < -0.3 is 14.2 Å². The Morgan fingerprint density at radius 1 is 0.885 bits per heavy atom. The Bertz CT molecular complexity index is 854. The number of aryl methyl sites for hydroxylation is 2. The van der Waals surface area contributed by atoms with Crippen molar-refractivity contribution < 1.29 is 22.6 Å². The molecule has 0 bridgehead atoms. The fourth-order valence-corrected chi connectivity index (χ4v) is 4.37. The summed E-state index contributed by atoms with van der Waals surface area (Å²) in [6.45, 7) is 3.81. The Morgan fingerprint density at radius 2 is 1.50 bits per heavy atom. The van der Waals surface area contributed by atoms with Gasteiger partial charge in [-0.15, -0.1) is 0 Å². The fourth-order valence-electron chi connectivity index (χ4n) is 2.89. The average molecular weight is 379 g/mol. The van der Waals surface area contributed by atoms with Gasteiger partial charge in [0, 0.05) is 6.54 Å². The number of benzene rings is 2. The molecule has 0 saturated carbocycles. The lowest BCUT2D eigenvalue weighted by atomic mass is 10.1. The van der Waals surface area contributed by atoms with Crippen molar-refractivity contribution in [2.75, 3.05) is 27.9 Å². The minimum Gasteiger partial charge on any atom is -0.497 e. The van der Waals surface area contributed by atoms with Crippen molar-refractivity contribution in [2.45, 2.75) is 25.2 Å². The van der Waals surface area contributed by atoms with E-state index in [1.807, 2.05) is 12.1 Å². The number of nitrogens with one attached hydrogen (secondary N) is 1. The third kappa shape index (κ3) is 4.47. The van der Waals surface area contributed by atoms with Gasteiger partial charge in [0.25, 0.3) is 0 Å². The first kappa shape index (κ1) is 20.1. The van der Waals surface area contributed by atoms with E-state index in [2.05, 4.69) is 4.72 Å². The normalized spacial score (nSPS) is 11.3. The van der Waals surface area contributed by atoms with Gasteiger partial charge in [0.2, 0.25) is 10.0 Å². The minimum atomic E-state index is -3.61. The van der Waals surface area contributed by atoms with Gasteiger partial charge in [-0.3, -0.25) is 0 Å². The highest BCUT2D eigenvalue weighted by Crippen LogP contribution is 2.28. The quantitative estimate of drug-likeness (QED) is 0.763. The molecule has 0 aromatic heterocycles. The number of ether oxygens (including phenoxy) is 3. The molecule has 0 unspecified atom stereocenters. The minimum absolute atomic E-state index is 0.280. The fraction of sp³-hybridized carbons (Fsp3) is 0.368. The maximum atomic E-state index is 12.7. The van der Waals surface area contributed by atoms with Gasteiger partial charge in [-0.05, 0) is 61.2 Å². The third-order valence-corrected chi connectivity index (χ3v) is 5.86. The molecule has 0 aliphatic rings. The molecule has 6 nitrogen and oxygen atoms in total. The molecule has 7 heteroatoms. The van der Waals surface area contributed by atoms with Crippen LogP contribution in [0.3, 0.4) is 0 Å². The van der Waals surface area contributed by atoms with Gasteiger partial charge in [0.1, 0.15) is 5.75 Å². The second-order valence-electron chi connectivity index (χ2n) is 5.93. The molecule has 0 atom stereocenters. The van der Waals surface area contributed by atoms with Crippen LogP contribution in [0, 0.1) is 13.8 Å². The first-order valence-corrected chi connectivity index (χ1v) is 9.66. The van der Waals surface area contributed by atoms with E-state index in [1.165, 1.54) is 0 Å². The largest absolute Gasteiger partial charge is 0.497 e. The van der Waals surface area contributed by atoms with Crippen LogP contribution in [0.25, 0.3) is 0 Å². The van der Waals surface area contributed by atoms with Gasteiger partial charge in [-0.25, -0.2) is 13.1 Å². The zero-order chi connectivity index (χ0) is 19.3. The molecule has 0 aliphatic heterocycles.